The summed E-state index contributed by atoms with van der Waals surface area (Å²) >= 11 is 0. The van der Waals surface area contributed by atoms with Gasteiger partial charge >= 0.3 is 0 Å². The number of para-hydroxylation sites is 1. The number of hydrogen-bond acceptors (Lipinski definition) is 3. The fourth-order valence-electron chi connectivity index (χ4n) is 2.95. The summed E-state index contributed by atoms with van der Waals surface area (Å²) in [4.78, 5) is 16.6. The van der Waals surface area contributed by atoms with Crippen LogP contribution in [0.5, 0.6) is 0 Å². The SMILES string of the molecule is CCc1nccn1CCC(=O)NC(C)c1ccccc1-n1cccn1. The van der Waals surface area contributed by atoms with Gasteiger partial charge in [-0.05, 0) is 24.6 Å². The van der Waals surface area contributed by atoms with E-state index >= 15 is 0 Å². The molecule has 1 N–H and O–H groups in total. The number of amides is 1. The Bertz CT molecular complexity index is 822. The fourth-order valence-corrected chi connectivity index (χ4v) is 2.95. The molecule has 130 valence electrons. The van der Waals surface area contributed by atoms with Crippen LogP contribution in [0, 0.1) is 0 Å². The molecule has 0 fully saturated rings. The first-order valence-electron chi connectivity index (χ1n) is 8.57. The Labute approximate surface area is 147 Å². The molecule has 0 saturated carbocycles. The summed E-state index contributed by atoms with van der Waals surface area (Å²) in [6.07, 6.45) is 8.64. The molecule has 2 aromatic heterocycles. The van der Waals surface area contributed by atoms with Crippen molar-refractivity contribution in [2.24, 2.45) is 0 Å². The fraction of sp³-hybridized carbons (Fsp3) is 0.316. The van der Waals surface area contributed by atoms with Crippen molar-refractivity contribution in [3.05, 3.63) is 66.5 Å². The molecule has 3 aromatic rings. The molecule has 1 atom stereocenters. The van der Waals surface area contributed by atoms with Gasteiger partial charge in [0.1, 0.15) is 5.82 Å². The van der Waals surface area contributed by atoms with Crippen molar-refractivity contribution in [1.29, 1.82) is 0 Å². The second kappa shape index (κ2) is 7.79. The Balaban J connectivity index is 1.64. The van der Waals surface area contributed by atoms with E-state index in [4.69, 9.17) is 0 Å². The van der Waals surface area contributed by atoms with E-state index in [0.29, 0.717) is 13.0 Å². The highest BCUT2D eigenvalue weighted by Gasteiger charge is 2.14. The van der Waals surface area contributed by atoms with E-state index in [1.807, 2.05) is 58.9 Å². The van der Waals surface area contributed by atoms with Crippen LogP contribution in [0.15, 0.2) is 55.1 Å². The lowest BCUT2D eigenvalue weighted by Gasteiger charge is -2.18. The highest BCUT2D eigenvalue weighted by molar-refractivity contribution is 5.76. The molecule has 0 aliphatic heterocycles. The smallest absolute Gasteiger partial charge is 0.222 e. The quantitative estimate of drug-likeness (QED) is 0.721. The normalized spacial score (nSPS) is 12.1. The van der Waals surface area contributed by atoms with Gasteiger partial charge in [-0.15, -0.1) is 0 Å². The second-order valence-corrected chi connectivity index (χ2v) is 5.94. The Morgan fingerprint density at radius 3 is 2.80 bits per heavy atom. The standard InChI is InChI=1S/C19H23N5O/c1-3-18-20-11-14-23(18)13-9-19(25)22-15(2)16-7-4-5-8-17(16)24-12-6-10-21-24/h4-8,10-12,14-15H,3,9,13H2,1-2H3,(H,22,25). The number of imidazole rings is 1. The van der Waals surface area contributed by atoms with Crippen LogP contribution in [0.3, 0.4) is 0 Å². The number of rotatable bonds is 7. The van der Waals surface area contributed by atoms with Crippen molar-refractivity contribution in [2.45, 2.75) is 39.3 Å². The van der Waals surface area contributed by atoms with Gasteiger partial charge in [0.15, 0.2) is 0 Å². The molecule has 1 aromatic carbocycles. The van der Waals surface area contributed by atoms with Crippen LogP contribution in [0.1, 0.15) is 37.7 Å². The first-order chi connectivity index (χ1) is 12.2. The molecular weight excluding hydrogens is 314 g/mol. The van der Waals surface area contributed by atoms with Crippen LogP contribution in [0.25, 0.3) is 5.69 Å². The maximum atomic E-state index is 12.4. The maximum absolute atomic E-state index is 12.4. The van der Waals surface area contributed by atoms with E-state index in [2.05, 4.69) is 22.3 Å². The maximum Gasteiger partial charge on any atom is 0.222 e. The van der Waals surface area contributed by atoms with Gasteiger partial charge < -0.3 is 9.88 Å². The minimum absolute atomic E-state index is 0.0264. The molecule has 0 aliphatic carbocycles. The third-order valence-corrected chi connectivity index (χ3v) is 4.23. The number of nitrogens with zero attached hydrogens (tertiary/aromatic N) is 4. The van der Waals surface area contributed by atoms with E-state index < -0.39 is 0 Å². The Hall–Kier alpha value is -2.89. The van der Waals surface area contributed by atoms with Crippen LogP contribution < -0.4 is 5.32 Å². The van der Waals surface area contributed by atoms with Crippen LogP contribution in [0.2, 0.25) is 0 Å². The zero-order chi connectivity index (χ0) is 17.6. The van der Waals surface area contributed by atoms with Gasteiger partial charge in [-0.25, -0.2) is 9.67 Å². The average Bonchev–Trinajstić information content (AvgIpc) is 3.31. The molecule has 0 aliphatic rings. The van der Waals surface area contributed by atoms with Crippen LogP contribution >= 0.6 is 0 Å². The summed E-state index contributed by atoms with van der Waals surface area (Å²) in [7, 11) is 0. The lowest BCUT2D eigenvalue weighted by molar-refractivity contribution is -0.121. The molecule has 6 heteroatoms. The van der Waals surface area contributed by atoms with E-state index in [1.165, 1.54) is 0 Å². The lowest BCUT2D eigenvalue weighted by atomic mass is 10.1. The van der Waals surface area contributed by atoms with Crippen molar-refractivity contribution < 1.29 is 4.79 Å². The summed E-state index contributed by atoms with van der Waals surface area (Å²) in [6, 6.07) is 9.76. The number of aryl methyl sites for hydroxylation is 2. The monoisotopic (exact) mass is 337 g/mol. The number of carbonyl (C=O) groups is 1. The Morgan fingerprint density at radius 2 is 2.04 bits per heavy atom. The van der Waals surface area contributed by atoms with Crippen molar-refractivity contribution in [2.75, 3.05) is 0 Å². The molecule has 2 heterocycles. The highest BCUT2D eigenvalue weighted by atomic mass is 16.1. The molecule has 25 heavy (non-hydrogen) atoms. The van der Waals surface area contributed by atoms with Crippen LogP contribution in [-0.2, 0) is 17.8 Å². The summed E-state index contributed by atoms with van der Waals surface area (Å²) < 4.78 is 3.85. The molecular formula is C19H23N5O. The zero-order valence-electron chi connectivity index (χ0n) is 14.6. The molecule has 0 spiro atoms. The summed E-state index contributed by atoms with van der Waals surface area (Å²) in [5.41, 5.74) is 2.01. The topological polar surface area (TPSA) is 64.7 Å². The predicted molar refractivity (Wildman–Crippen MR) is 96.3 cm³/mol. The minimum Gasteiger partial charge on any atom is -0.349 e. The third kappa shape index (κ3) is 3.96. The number of nitrogens with one attached hydrogen (secondary N) is 1. The van der Waals surface area contributed by atoms with Gasteiger partial charge in [-0.3, -0.25) is 4.79 Å². The van der Waals surface area contributed by atoms with Crippen molar-refractivity contribution in [3.63, 3.8) is 0 Å². The molecule has 3 rings (SSSR count). The predicted octanol–water partition coefficient (Wildman–Crippen LogP) is 2.90. The van der Waals surface area contributed by atoms with Crippen LogP contribution in [-0.4, -0.2) is 25.2 Å². The van der Waals surface area contributed by atoms with Gasteiger partial charge in [-0.1, -0.05) is 25.1 Å². The molecule has 1 amide bonds. The lowest BCUT2D eigenvalue weighted by Crippen LogP contribution is -2.28. The van der Waals surface area contributed by atoms with E-state index in [1.54, 1.807) is 12.4 Å². The van der Waals surface area contributed by atoms with Crippen LogP contribution in [0.4, 0.5) is 0 Å². The number of benzene rings is 1. The largest absolute Gasteiger partial charge is 0.349 e. The van der Waals surface area contributed by atoms with Crippen molar-refractivity contribution in [1.82, 2.24) is 24.6 Å². The Morgan fingerprint density at radius 1 is 1.20 bits per heavy atom. The van der Waals surface area contributed by atoms with Gasteiger partial charge in [0.2, 0.25) is 5.91 Å². The number of aromatic nitrogens is 4. The molecule has 0 bridgehead atoms. The number of hydrogen-bond donors (Lipinski definition) is 1. The zero-order valence-corrected chi connectivity index (χ0v) is 14.6. The van der Waals surface area contributed by atoms with Gasteiger partial charge in [0.25, 0.3) is 0 Å². The summed E-state index contributed by atoms with van der Waals surface area (Å²) in [5.74, 6) is 1.03. The minimum atomic E-state index is -0.0960. The average molecular weight is 337 g/mol. The van der Waals surface area contributed by atoms with Gasteiger partial charge in [0.05, 0.1) is 11.7 Å². The van der Waals surface area contributed by atoms with E-state index in [9.17, 15) is 4.79 Å². The highest BCUT2D eigenvalue weighted by Crippen LogP contribution is 2.21. The van der Waals surface area contributed by atoms with Crippen molar-refractivity contribution >= 4 is 5.91 Å². The summed E-state index contributed by atoms with van der Waals surface area (Å²) in [5, 5.41) is 7.38. The summed E-state index contributed by atoms with van der Waals surface area (Å²) in [6.45, 7) is 4.70. The first-order valence-corrected chi connectivity index (χ1v) is 8.57. The number of carbonyl (C=O) groups excluding carboxylic acids is 1. The molecule has 0 radical (unpaired) electrons. The molecule has 1 unspecified atom stereocenters. The molecule has 6 nitrogen and oxygen atoms in total. The second-order valence-electron chi connectivity index (χ2n) is 5.94. The first kappa shape index (κ1) is 17.0. The third-order valence-electron chi connectivity index (χ3n) is 4.23. The van der Waals surface area contributed by atoms with Gasteiger partial charge in [-0.2, -0.15) is 5.10 Å². The Kier molecular flexibility index (Phi) is 5.28. The molecule has 0 saturated heterocycles. The van der Waals surface area contributed by atoms with E-state index in [0.717, 1.165) is 23.5 Å². The van der Waals surface area contributed by atoms with Crippen molar-refractivity contribution in [3.8, 4) is 5.69 Å². The van der Waals surface area contributed by atoms with E-state index in [-0.39, 0.29) is 11.9 Å². The van der Waals surface area contributed by atoms with Gasteiger partial charge in [0, 0.05) is 44.2 Å².